The molecule has 2 aliphatic carbocycles. The molecule has 1 N–H and O–H groups in total. The molecule has 2 saturated carbocycles. The van der Waals surface area contributed by atoms with E-state index in [2.05, 4.69) is 10.2 Å². The molecule has 0 aromatic heterocycles. The first-order chi connectivity index (χ1) is 16.5. The Hall–Kier alpha value is -1.30. The number of carbonyl (C=O) groups excluding carboxylic acids is 2. The number of rotatable bonds is 4. The van der Waals surface area contributed by atoms with E-state index >= 15 is 0 Å². The number of carbonyl (C=O) groups is 2. The Bertz CT molecular complexity index is 879. The van der Waals surface area contributed by atoms with Crippen LogP contribution >= 0.6 is 0 Å². The highest BCUT2D eigenvalue weighted by Gasteiger charge is 2.51. The van der Waals surface area contributed by atoms with Crippen molar-refractivity contribution >= 4 is 12.0 Å². The minimum Gasteiger partial charge on any atom is -0.450 e. The molecule has 152 valence electrons. The lowest BCUT2D eigenvalue weighted by Crippen LogP contribution is -2.56. The van der Waals surface area contributed by atoms with E-state index < -0.39 is 43.3 Å². The summed E-state index contributed by atoms with van der Waals surface area (Å²) in [4.78, 5) is 29.1. The molecule has 0 unspecified atom stereocenters. The third-order valence-corrected chi connectivity index (χ3v) is 6.53. The van der Waals surface area contributed by atoms with Gasteiger partial charge in [0.1, 0.15) is 0 Å². The lowest BCUT2D eigenvalue weighted by Gasteiger charge is -2.51. The number of ether oxygens (including phenoxy) is 1. The van der Waals surface area contributed by atoms with Gasteiger partial charge in [-0.15, -0.1) is 0 Å². The zero-order valence-corrected chi connectivity index (χ0v) is 15.8. The smallest absolute Gasteiger partial charge is 0.409 e. The van der Waals surface area contributed by atoms with Gasteiger partial charge >= 0.3 is 6.09 Å². The van der Waals surface area contributed by atoms with Crippen LogP contribution in [0.2, 0.25) is 0 Å². The maximum atomic E-state index is 13.1. The molecule has 0 aromatic carbocycles. The highest BCUT2D eigenvalue weighted by atomic mass is 16.6. The zero-order valence-electron chi connectivity index (χ0n) is 24.8. The van der Waals surface area contributed by atoms with Gasteiger partial charge in [0.2, 0.25) is 5.91 Å². The van der Waals surface area contributed by atoms with Gasteiger partial charge in [0.05, 0.1) is 6.61 Å². The van der Waals surface area contributed by atoms with Gasteiger partial charge in [-0.05, 0) is 83.5 Å². The molecule has 4 aliphatic rings. The SMILES string of the molecule is [2H]C([2H])([2H])C1(NC(=O)C2CCN(C3CC4(CCN(C(=O)OCC)C4)C3)CC2)C([2H])([2H])C([2H])([2H])C1([2H])[2H]. The van der Waals surface area contributed by atoms with Crippen molar-refractivity contribution in [3.8, 4) is 0 Å². The van der Waals surface area contributed by atoms with Crippen molar-refractivity contribution in [3.63, 3.8) is 0 Å². The second kappa shape index (κ2) is 7.26. The van der Waals surface area contributed by atoms with Crippen molar-refractivity contribution in [2.75, 3.05) is 32.8 Å². The molecular weight excluding hydrogens is 342 g/mol. The molecule has 0 aromatic rings. The predicted molar refractivity (Wildman–Crippen MR) is 103 cm³/mol. The molecule has 6 heteroatoms. The van der Waals surface area contributed by atoms with Crippen molar-refractivity contribution in [1.82, 2.24) is 15.1 Å². The van der Waals surface area contributed by atoms with Crippen molar-refractivity contribution in [3.05, 3.63) is 0 Å². The Morgan fingerprint density at radius 1 is 1.26 bits per heavy atom. The molecule has 2 heterocycles. The summed E-state index contributed by atoms with van der Waals surface area (Å²) in [5.41, 5.74) is -2.86. The van der Waals surface area contributed by atoms with Crippen molar-refractivity contribution in [2.24, 2.45) is 11.3 Å². The summed E-state index contributed by atoms with van der Waals surface area (Å²) >= 11 is 0. The summed E-state index contributed by atoms with van der Waals surface area (Å²) in [7, 11) is 0. The lowest BCUT2D eigenvalue weighted by atomic mass is 9.64. The molecule has 2 aliphatic heterocycles. The molecule has 6 nitrogen and oxygen atoms in total. The van der Waals surface area contributed by atoms with E-state index in [9.17, 15) is 9.59 Å². The molecule has 1 spiro atoms. The summed E-state index contributed by atoms with van der Waals surface area (Å²) in [5, 5.41) is 2.15. The fourth-order valence-corrected chi connectivity index (χ4v) is 4.90. The van der Waals surface area contributed by atoms with Crippen LogP contribution in [0.3, 0.4) is 0 Å². The summed E-state index contributed by atoms with van der Waals surface area (Å²) in [6.45, 7) is 1.42. The zero-order chi connectivity index (χ0) is 26.9. The van der Waals surface area contributed by atoms with Crippen LogP contribution in [0.1, 0.15) is 77.3 Å². The minimum atomic E-state index is -3.29. The highest BCUT2D eigenvalue weighted by Crippen LogP contribution is 2.50. The van der Waals surface area contributed by atoms with Gasteiger partial charge < -0.3 is 19.9 Å². The average molecular weight is 387 g/mol. The molecule has 4 rings (SSSR count). The molecule has 4 fully saturated rings. The molecule has 27 heavy (non-hydrogen) atoms. The fourth-order valence-electron chi connectivity index (χ4n) is 4.90. The Labute approximate surface area is 175 Å². The Kier molecular flexibility index (Phi) is 2.97. The minimum absolute atomic E-state index is 0.109. The third-order valence-electron chi connectivity index (χ3n) is 6.53. The summed E-state index contributed by atoms with van der Waals surface area (Å²) in [6.07, 6.45) is -5.90. The van der Waals surface area contributed by atoms with E-state index in [1.54, 1.807) is 11.8 Å². The van der Waals surface area contributed by atoms with Crippen LogP contribution in [0.25, 0.3) is 0 Å². The number of piperidine rings is 1. The first-order valence-corrected chi connectivity index (χ1v) is 9.94. The largest absolute Gasteiger partial charge is 0.450 e. The number of amides is 2. The monoisotopic (exact) mass is 386 g/mol. The summed E-state index contributed by atoms with van der Waals surface area (Å²) < 4.78 is 76.6. The number of hydrogen-bond acceptors (Lipinski definition) is 4. The Morgan fingerprint density at radius 2 is 2.00 bits per heavy atom. The van der Waals surface area contributed by atoms with Gasteiger partial charge in [-0.3, -0.25) is 4.79 Å². The second-order valence-corrected chi connectivity index (χ2v) is 8.36. The predicted octanol–water partition coefficient (Wildman–Crippen LogP) is 2.77. The maximum Gasteiger partial charge on any atom is 0.409 e. The van der Waals surface area contributed by atoms with Crippen molar-refractivity contribution < 1.29 is 26.7 Å². The maximum absolute atomic E-state index is 13.1. The van der Waals surface area contributed by atoms with Crippen LogP contribution in [0.5, 0.6) is 0 Å². The number of hydrogen-bond donors (Lipinski definition) is 1. The van der Waals surface area contributed by atoms with Gasteiger partial charge in [-0.2, -0.15) is 0 Å². The van der Waals surface area contributed by atoms with Crippen LogP contribution in [0, 0.1) is 11.3 Å². The molecule has 2 amide bonds. The molecule has 0 atom stereocenters. The summed E-state index contributed by atoms with van der Waals surface area (Å²) in [6, 6.07) is 0.340. The molecule has 0 radical (unpaired) electrons. The Balaban J connectivity index is 1.33. The average Bonchev–Trinajstić information content (AvgIpc) is 3.21. The van der Waals surface area contributed by atoms with Crippen LogP contribution in [0.15, 0.2) is 0 Å². The first-order valence-electron chi connectivity index (χ1n) is 14.4. The van der Waals surface area contributed by atoms with Crippen LogP contribution < -0.4 is 5.32 Å². The van der Waals surface area contributed by atoms with E-state index in [-0.39, 0.29) is 11.5 Å². The third kappa shape index (κ3) is 3.82. The van der Waals surface area contributed by atoms with E-state index in [0.717, 1.165) is 19.3 Å². The van der Waals surface area contributed by atoms with E-state index in [1.807, 2.05) is 0 Å². The van der Waals surface area contributed by atoms with E-state index in [4.69, 9.17) is 17.1 Å². The van der Waals surface area contributed by atoms with Gasteiger partial charge in [0.15, 0.2) is 0 Å². The second-order valence-electron chi connectivity index (χ2n) is 8.36. The fraction of sp³-hybridized carbons (Fsp3) is 0.905. The van der Waals surface area contributed by atoms with Crippen LogP contribution in [0.4, 0.5) is 4.79 Å². The normalized spacial score (nSPS) is 38.9. The van der Waals surface area contributed by atoms with Gasteiger partial charge in [0.25, 0.3) is 0 Å². The van der Waals surface area contributed by atoms with Gasteiger partial charge in [-0.1, -0.05) is 0 Å². The molecule has 0 bridgehead atoms. The number of nitrogens with zero attached hydrogens (tertiary/aromatic N) is 2. The highest BCUT2D eigenvalue weighted by molar-refractivity contribution is 5.79. The number of nitrogens with one attached hydrogen (secondary N) is 1. The molecular formula is C21H35N3O3. The van der Waals surface area contributed by atoms with Gasteiger partial charge in [-0.25, -0.2) is 4.79 Å². The Morgan fingerprint density at radius 3 is 2.67 bits per heavy atom. The topological polar surface area (TPSA) is 61.9 Å². The van der Waals surface area contributed by atoms with Crippen LogP contribution in [-0.2, 0) is 9.53 Å². The standard InChI is InChI=1S/C21H35N3O3/c1-3-27-19(26)24-12-9-21(15-24)13-17(14-21)23-10-5-16(6-11-23)18(25)22-20(2)7-4-8-20/h16-17H,3-15H2,1-2H3,(H,22,25)/i2D3,4D2,7D2,8D2. The van der Waals surface area contributed by atoms with Crippen molar-refractivity contribution in [1.29, 1.82) is 0 Å². The van der Waals surface area contributed by atoms with E-state index in [1.165, 1.54) is 0 Å². The number of likely N-dealkylation sites (tertiary alicyclic amines) is 2. The van der Waals surface area contributed by atoms with Gasteiger partial charge in [0, 0.05) is 42.9 Å². The van der Waals surface area contributed by atoms with Crippen LogP contribution in [-0.4, -0.2) is 66.2 Å². The first kappa shape index (κ1) is 11.0. The quantitative estimate of drug-likeness (QED) is 0.807. The lowest BCUT2D eigenvalue weighted by molar-refractivity contribution is -0.130. The summed E-state index contributed by atoms with van der Waals surface area (Å²) in [5.74, 6) is -1.36. The van der Waals surface area contributed by atoms with E-state index in [0.29, 0.717) is 51.7 Å². The van der Waals surface area contributed by atoms with Crippen molar-refractivity contribution in [2.45, 2.75) is 76.6 Å². The molecule has 2 saturated heterocycles.